The van der Waals surface area contributed by atoms with Gasteiger partial charge in [-0.2, -0.15) is 4.31 Å². The number of carboxylic acid groups (broad SMARTS) is 1. The van der Waals surface area contributed by atoms with Crippen LogP contribution >= 0.6 is 11.6 Å². The number of benzene rings is 1. The first kappa shape index (κ1) is 16.4. The van der Waals surface area contributed by atoms with Crippen LogP contribution in [0.2, 0.25) is 5.02 Å². The number of carboxylic acids is 1. The zero-order valence-corrected chi connectivity index (χ0v) is 13.2. The molecule has 0 aliphatic heterocycles. The van der Waals surface area contributed by atoms with Crippen molar-refractivity contribution in [2.45, 2.75) is 11.4 Å². The van der Waals surface area contributed by atoms with Gasteiger partial charge >= 0.3 is 5.97 Å². The van der Waals surface area contributed by atoms with Crippen LogP contribution in [0.25, 0.3) is 0 Å². The highest BCUT2D eigenvalue weighted by atomic mass is 35.5. The third-order valence-electron chi connectivity index (χ3n) is 2.99. The van der Waals surface area contributed by atoms with Crippen molar-refractivity contribution in [3.8, 4) is 0 Å². The van der Waals surface area contributed by atoms with Gasteiger partial charge in [0.25, 0.3) is 0 Å². The van der Waals surface area contributed by atoms with Crippen LogP contribution in [0, 0.1) is 0 Å². The van der Waals surface area contributed by atoms with E-state index in [0.29, 0.717) is 5.56 Å². The van der Waals surface area contributed by atoms with Gasteiger partial charge in [-0.15, -0.1) is 0 Å². The molecule has 1 N–H and O–H groups in total. The average molecular weight is 341 g/mol. The fourth-order valence-electron chi connectivity index (χ4n) is 1.84. The second kappa shape index (κ2) is 6.43. The van der Waals surface area contributed by atoms with Crippen LogP contribution < -0.4 is 0 Å². The van der Waals surface area contributed by atoms with Gasteiger partial charge in [-0.3, -0.25) is 4.98 Å². The smallest absolute Gasteiger partial charge is 0.335 e. The Morgan fingerprint density at radius 1 is 1.36 bits per heavy atom. The van der Waals surface area contributed by atoms with Gasteiger partial charge in [-0.25, -0.2) is 13.2 Å². The van der Waals surface area contributed by atoms with E-state index in [1.54, 1.807) is 24.5 Å². The van der Waals surface area contributed by atoms with E-state index in [-0.39, 0.29) is 22.0 Å². The molecule has 8 heteroatoms. The topological polar surface area (TPSA) is 87.6 Å². The number of aromatic nitrogens is 1. The first-order valence-corrected chi connectivity index (χ1v) is 8.02. The van der Waals surface area contributed by atoms with Gasteiger partial charge in [0.15, 0.2) is 0 Å². The maximum atomic E-state index is 12.6. The summed E-state index contributed by atoms with van der Waals surface area (Å²) in [5.41, 5.74) is 0.567. The van der Waals surface area contributed by atoms with Crippen LogP contribution in [0.15, 0.2) is 47.6 Å². The Hall–Kier alpha value is -1.96. The Kier molecular flexibility index (Phi) is 4.80. The number of hydrogen-bond acceptors (Lipinski definition) is 4. The number of hydrogen-bond donors (Lipinski definition) is 1. The molecule has 0 aliphatic carbocycles. The van der Waals surface area contributed by atoms with E-state index >= 15 is 0 Å². The maximum absolute atomic E-state index is 12.6. The molecule has 2 aromatic rings. The van der Waals surface area contributed by atoms with E-state index in [1.165, 1.54) is 19.2 Å². The quantitative estimate of drug-likeness (QED) is 0.902. The van der Waals surface area contributed by atoms with Crippen molar-refractivity contribution < 1.29 is 18.3 Å². The molecule has 0 saturated heterocycles. The summed E-state index contributed by atoms with van der Waals surface area (Å²) < 4.78 is 26.2. The summed E-state index contributed by atoms with van der Waals surface area (Å²) in [6, 6.07) is 7.02. The Morgan fingerprint density at radius 3 is 2.68 bits per heavy atom. The normalized spacial score (nSPS) is 11.6. The lowest BCUT2D eigenvalue weighted by Gasteiger charge is -2.18. The van der Waals surface area contributed by atoms with Crippen molar-refractivity contribution in [1.29, 1.82) is 0 Å². The zero-order chi connectivity index (χ0) is 16.3. The summed E-state index contributed by atoms with van der Waals surface area (Å²) in [4.78, 5) is 14.7. The van der Waals surface area contributed by atoms with E-state index in [1.807, 2.05) is 0 Å². The van der Waals surface area contributed by atoms with Crippen molar-refractivity contribution in [2.75, 3.05) is 7.05 Å². The van der Waals surface area contributed by atoms with Crippen LogP contribution in [-0.2, 0) is 16.6 Å². The Morgan fingerprint density at radius 2 is 2.09 bits per heavy atom. The first-order valence-electron chi connectivity index (χ1n) is 6.20. The largest absolute Gasteiger partial charge is 0.478 e. The third-order valence-corrected chi connectivity index (χ3v) is 5.28. The predicted molar refractivity (Wildman–Crippen MR) is 81.3 cm³/mol. The number of halogens is 1. The summed E-state index contributed by atoms with van der Waals surface area (Å²) >= 11 is 5.92. The predicted octanol–water partition coefficient (Wildman–Crippen LogP) is 2.25. The summed E-state index contributed by atoms with van der Waals surface area (Å²) in [5.74, 6) is -1.22. The van der Waals surface area contributed by atoms with E-state index in [2.05, 4.69) is 4.98 Å². The lowest BCUT2D eigenvalue weighted by Crippen LogP contribution is -2.27. The molecule has 6 nitrogen and oxygen atoms in total. The molecule has 0 saturated carbocycles. The maximum Gasteiger partial charge on any atom is 0.335 e. The van der Waals surface area contributed by atoms with Crippen LogP contribution in [-0.4, -0.2) is 35.8 Å². The number of sulfonamides is 1. The molecule has 0 atom stereocenters. The molecular weight excluding hydrogens is 328 g/mol. The minimum atomic E-state index is -3.91. The molecule has 0 spiro atoms. The summed E-state index contributed by atoms with van der Waals surface area (Å²) in [5, 5.41) is 8.95. The van der Waals surface area contributed by atoms with Gasteiger partial charge in [0.2, 0.25) is 10.0 Å². The van der Waals surface area contributed by atoms with Gasteiger partial charge in [-0.1, -0.05) is 17.7 Å². The van der Waals surface area contributed by atoms with Gasteiger partial charge < -0.3 is 5.11 Å². The van der Waals surface area contributed by atoms with Gasteiger partial charge in [0.05, 0.1) is 10.6 Å². The highest BCUT2D eigenvalue weighted by Gasteiger charge is 2.25. The van der Waals surface area contributed by atoms with Gasteiger partial charge in [0, 0.05) is 26.0 Å². The van der Waals surface area contributed by atoms with Crippen molar-refractivity contribution in [1.82, 2.24) is 9.29 Å². The van der Waals surface area contributed by atoms with Crippen LogP contribution in [0.5, 0.6) is 0 Å². The minimum absolute atomic E-state index is 0.0250. The van der Waals surface area contributed by atoms with Crippen LogP contribution in [0.1, 0.15) is 15.9 Å². The van der Waals surface area contributed by atoms with E-state index in [9.17, 15) is 13.2 Å². The van der Waals surface area contributed by atoms with E-state index in [0.717, 1.165) is 10.4 Å². The molecule has 1 aromatic carbocycles. The average Bonchev–Trinajstić information content (AvgIpc) is 2.48. The summed E-state index contributed by atoms with van der Waals surface area (Å²) in [7, 11) is -2.52. The van der Waals surface area contributed by atoms with Crippen molar-refractivity contribution in [3.05, 3.63) is 58.9 Å². The Labute approximate surface area is 133 Å². The number of aromatic carboxylic acids is 1. The lowest BCUT2D eigenvalue weighted by atomic mass is 10.2. The zero-order valence-electron chi connectivity index (χ0n) is 11.6. The van der Waals surface area contributed by atoms with Crippen molar-refractivity contribution in [2.24, 2.45) is 0 Å². The minimum Gasteiger partial charge on any atom is -0.478 e. The Balaban J connectivity index is 2.37. The fourth-order valence-corrected chi connectivity index (χ4v) is 3.49. The molecule has 2 rings (SSSR count). The molecule has 0 radical (unpaired) electrons. The van der Waals surface area contributed by atoms with Gasteiger partial charge in [0.1, 0.15) is 4.90 Å². The highest BCUT2D eigenvalue weighted by molar-refractivity contribution is 7.89. The van der Waals surface area contributed by atoms with Gasteiger partial charge in [-0.05, 0) is 29.8 Å². The number of nitrogens with zero attached hydrogens (tertiary/aromatic N) is 2. The molecule has 1 heterocycles. The SMILES string of the molecule is CN(Cc1cccnc1)S(=O)(=O)c1cc(C(=O)O)ccc1Cl. The standard InChI is InChI=1S/C14H13ClN2O4S/c1-17(9-10-3-2-6-16-8-10)22(20,21)13-7-11(14(18)19)4-5-12(13)15/h2-8H,9H2,1H3,(H,18,19). The summed E-state index contributed by atoms with van der Waals surface area (Å²) in [6.45, 7) is 0.101. The molecular formula is C14H13ClN2O4S. The second-order valence-electron chi connectivity index (χ2n) is 4.57. The van der Waals surface area contributed by atoms with E-state index in [4.69, 9.17) is 16.7 Å². The summed E-state index contributed by atoms with van der Waals surface area (Å²) in [6.07, 6.45) is 3.15. The molecule has 0 amide bonds. The number of carbonyl (C=O) groups is 1. The second-order valence-corrected chi connectivity index (χ2v) is 6.99. The number of pyridine rings is 1. The van der Waals surface area contributed by atoms with Crippen LogP contribution in [0.4, 0.5) is 0 Å². The molecule has 22 heavy (non-hydrogen) atoms. The molecule has 0 bridgehead atoms. The fraction of sp³-hybridized carbons (Fsp3) is 0.143. The monoisotopic (exact) mass is 340 g/mol. The Bertz CT molecular complexity index is 794. The first-order chi connectivity index (χ1) is 10.3. The van der Waals surface area contributed by atoms with Crippen molar-refractivity contribution in [3.63, 3.8) is 0 Å². The molecule has 1 aromatic heterocycles. The molecule has 0 aliphatic rings. The highest BCUT2D eigenvalue weighted by Crippen LogP contribution is 2.26. The van der Waals surface area contributed by atoms with Crippen molar-refractivity contribution >= 4 is 27.6 Å². The third kappa shape index (κ3) is 3.44. The molecule has 0 fully saturated rings. The lowest BCUT2D eigenvalue weighted by molar-refractivity contribution is 0.0696. The molecule has 0 unspecified atom stereocenters. The van der Waals surface area contributed by atoms with E-state index < -0.39 is 16.0 Å². The molecule has 116 valence electrons. The number of rotatable bonds is 5. The van der Waals surface area contributed by atoms with Crippen LogP contribution in [0.3, 0.4) is 0 Å².